The molecule has 1 unspecified atom stereocenters. The molecule has 3 heteroatoms. The lowest BCUT2D eigenvalue weighted by Gasteiger charge is -2.13. The highest BCUT2D eigenvalue weighted by atomic mass is 19.1. The SMILES string of the molecule is CCCCCC(C)NCCOc1ccc(F)cc1. The van der Waals surface area contributed by atoms with Gasteiger partial charge in [-0.05, 0) is 37.6 Å². The third kappa shape index (κ3) is 6.60. The van der Waals surface area contributed by atoms with Crippen LogP contribution >= 0.6 is 0 Å². The van der Waals surface area contributed by atoms with E-state index in [2.05, 4.69) is 19.2 Å². The Labute approximate surface area is 110 Å². The van der Waals surface area contributed by atoms with E-state index in [-0.39, 0.29) is 5.82 Å². The summed E-state index contributed by atoms with van der Waals surface area (Å²) in [5, 5.41) is 3.42. The fourth-order valence-corrected chi connectivity index (χ4v) is 1.81. The van der Waals surface area contributed by atoms with Gasteiger partial charge in [-0.3, -0.25) is 0 Å². The largest absolute Gasteiger partial charge is 0.492 e. The predicted octanol–water partition coefficient (Wildman–Crippen LogP) is 3.76. The van der Waals surface area contributed by atoms with Crippen LogP contribution in [0.3, 0.4) is 0 Å². The third-order valence-electron chi connectivity index (χ3n) is 2.92. The minimum absolute atomic E-state index is 0.231. The van der Waals surface area contributed by atoms with Gasteiger partial charge >= 0.3 is 0 Å². The fraction of sp³-hybridized carbons (Fsp3) is 0.600. The first-order valence-corrected chi connectivity index (χ1v) is 6.84. The molecule has 0 fully saturated rings. The van der Waals surface area contributed by atoms with E-state index in [1.54, 1.807) is 12.1 Å². The molecule has 0 saturated carbocycles. The van der Waals surface area contributed by atoms with E-state index in [1.807, 2.05) is 0 Å². The van der Waals surface area contributed by atoms with Gasteiger partial charge in [-0.15, -0.1) is 0 Å². The number of rotatable bonds is 9. The predicted molar refractivity (Wildman–Crippen MR) is 73.5 cm³/mol. The summed E-state index contributed by atoms with van der Waals surface area (Å²) >= 11 is 0. The molecule has 1 rings (SSSR count). The van der Waals surface area contributed by atoms with E-state index < -0.39 is 0 Å². The fourth-order valence-electron chi connectivity index (χ4n) is 1.81. The average Bonchev–Trinajstić information content (AvgIpc) is 2.37. The maximum atomic E-state index is 12.7. The summed E-state index contributed by atoms with van der Waals surface area (Å²) in [4.78, 5) is 0. The maximum Gasteiger partial charge on any atom is 0.123 e. The Hall–Kier alpha value is -1.09. The molecule has 0 spiro atoms. The molecule has 0 radical (unpaired) electrons. The van der Waals surface area contributed by atoms with Gasteiger partial charge in [0.2, 0.25) is 0 Å². The first-order chi connectivity index (χ1) is 8.72. The van der Waals surface area contributed by atoms with Crippen molar-refractivity contribution in [2.24, 2.45) is 0 Å². The van der Waals surface area contributed by atoms with Crippen molar-refractivity contribution in [2.75, 3.05) is 13.2 Å². The summed E-state index contributed by atoms with van der Waals surface area (Å²) in [6.45, 7) is 5.86. The minimum Gasteiger partial charge on any atom is -0.492 e. The highest BCUT2D eigenvalue weighted by molar-refractivity contribution is 5.21. The second-order valence-electron chi connectivity index (χ2n) is 4.65. The molecule has 1 aromatic rings. The molecule has 0 aliphatic carbocycles. The smallest absolute Gasteiger partial charge is 0.123 e. The van der Waals surface area contributed by atoms with Crippen LogP contribution in [0.4, 0.5) is 4.39 Å². The van der Waals surface area contributed by atoms with Crippen LogP contribution in [0.15, 0.2) is 24.3 Å². The molecule has 0 saturated heterocycles. The van der Waals surface area contributed by atoms with Gasteiger partial charge in [-0.2, -0.15) is 0 Å². The quantitative estimate of drug-likeness (QED) is 0.676. The van der Waals surface area contributed by atoms with Crippen molar-refractivity contribution in [3.05, 3.63) is 30.1 Å². The number of hydrogen-bond donors (Lipinski definition) is 1. The third-order valence-corrected chi connectivity index (χ3v) is 2.92. The van der Waals surface area contributed by atoms with E-state index in [0.717, 1.165) is 12.3 Å². The Morgan fingerprint density at radius 1 is 1.22 bits per heavy atom. The standard InChI is InChI=1S/C15H24FNO/c1-3-4-5-6-13(2)17-11-12-18-15-9-7-14(16)8-10-15/h7-10,13,17H,3-6,11-12H2,1-2H3. The lowest BCUT2D eigenvalue weighted by molar-refractivity contribution is 0.304. The van der Waals surface area contributed by atoms with Gasteiger partial charge in [0.25, 0.3) is 0 Å². The molecule has 0 amide bonds. The highest BCUT2D eigenvalue weighted by Gasteiger charge is 2.00. The molecule has 1 aromatic carbocycles. The molecular weight excluding hydrogens is 229 g/mol. The zero-order valence-electron chi connectivity index (χ0n) is 11.4. The van der Waals surface area contributed by atoms with E-state index in [4.69, 9.17) is 4.74 Å². The zero-order chi connectivity index (χ0) is 13.2. The molecule has 2 nitrogen and oxygen atoms in total. The van der Waals surface area contributed by atoms with Gasteiger partial charge < -0.3 is 10.1 Å². The van der Waals surface area contributed by atoms with Crippen molar-refractivity contribution >= 4 is 0 Å². The van der Waals surface area contributed by atoms with Crippen molar-refractivity contribution in [1.29, 1.82) is 0 Å². The number of nitrogens with one attached hydrogen (secondary N) is 1. The van der Waals surface area contributed by atoms with Gasteiger partial charge in [0, 0.05) is 12.6 Å². The summed E-state index contributed by atoms with van der Waals surface area (Å²) in [6.07, 6.45) is 5.06. The molecule has 0 aromatic heterocycles. The Kier molecular flexibility index (Phi) is 7.42. The minimum atomic E-state index is -0.231. The van der Waals surface area contributed by atoms with Gasteiger partial charge in [0.15, 0.2) is 0 Å². The number of unbranched alkanes of at least 4 members (excludes halogenated alkanes) is 2. The number of halogens is 1. The van der Waals surface area contributed by atoms with Crippen LogP contribution in [0.5, 0.6) is 5.75 Å². The van der Waals surface area contributed by atoms with Crippen molar-refractivity contribution in [2.45, 2.75) is 45.6 Å². The van der Waals surface area contributed by atoms with Crippen LogP contribution in [0.1, 0.15) is 39.5 Å². The van der Waals surface area contributed by atoms with Gasteiger partial charge in [0.1, 0.15) is 18.2 Å². The number of benzene rings is 1. The maximum absolute atomic E-state index is 12.7. The Morgan fingerprint density at radius 2 is 1.94 bits per heavy atom. The van der Waals surface area contributed by atoms with Crippen LogP contribution in [-0.2, 0) is 0 Å². The number of ether oxygens (including phenoxy) is 1. The van der Waals surface area contributed by atoms with Gasteiger partial charge in [-0.25, -0.2) is 4.39 Å². The molecule has 18 heavy (non-hydrogen) atoms. The second-order valence-corrected chi connectivity index (χ2v) is 4.65. The zero-order valence-corrected chi connectivity index (χ0v) is 11.4. The van der Waals surface area contributed by atoms with Crippen LogP contribution in [0.2, 0.25) is 0 Å². The Bertz CT molecular complexity index is 313. The van der Waals surface area contributed by atoms with Crippen LogP contribution in [0.25, 0.3) is 0 Å². The van der Waals surface area contributed by atoms with Crippen LogP contribution in [0, 0.1) is 5.82 Å². The molecule has 0 bridgehead atoms. The summed E-state index contributed by atoms with van der Waals surface area (Å²) in [5.74, 6) is 0.488. The molecule has 0 aliphatic rings. The first-order valence-electron chi connectivity index (χ1n) is 6.84. The Morgan fingerprint density at radius 3 is 2.61 bits per heavy atom. The molecule has 102 valence electrons. The normalized spacial score (nSPS) is 12.4. The van der Waals surface area contributed by atoms with Crippen molar-refractivity contribution in [3.63, 3.8) is 0 Å². The van der Waals surface area contributed by atoms with Crippen molar-refractivity contribution < 1.29 is 9.13 Å². The molecule has 0 heterocycles. The van der Waals surface area contributed by atoms with E-state index in [0.29, 0.717) is 12.6 Å². The van der Waals surface area contributed by atoms with Crippen molar-refractivity contribution in [3.8, 4) is 5.75 Å². The summed E-state index contributed by atoms with van der Waals surface area (Å²) in [6, 6.07) is 6.67. The van der Waals surface area contributed by atoms with Crippen LogP contribution in [-0.4, -0.2) is 19.2 Å². The van der Waals surface area contributed by atoms with E-state index in [9.17, 15) is 4.39 Å². The number of hydrogen-bond acceptors (Lipinski definition) is 2. The van der Waals surface area contributed by atoms with Crippen LogP contribution < -0.4 is 10.1 Å². The lowest BCUT2D eigenvalue weighted by atomic mass is 10.1. The second kappa shape index (κ2) is 8.92. The van der Waals surface area contributed by atoms with Gasteiger partial charge in [0.05, 0.1) is 0 Å². The van der Waals surface area contributed by atoms with Crippen molar-refractivity contribution in [1.82, 2.24) is 5.32 Å². The van der Waals surface area contributed by atoms with E-state index in [1.165, 1.54) is 37.8 Å². The molecule has 1 atom stereocenters. The molecule has 1 N–H and O–H groups in total. The Balaban J connectivity index is 2.05. The topological polar surface area (TPSA) is 21.3 Å². The highest BCUT2D eigenvalue weighted by Crippen LogP contribution is 2.10. The monoisotopic (exact) mass is 253 g/mol. The van der Waals surface area contributed by atoms with E-state index >= 15 is 0 Å². The lowest BCUT2D eigenvalue weighted by Crippen LogP contribution is -2.30. The summed E-state index contributed by atoms with van der Waals surface area (Å²) in [7, 11) is 0. The summed E-state index contributed by atoms with van der Waals surface area (Å²) in [5.41, 5.74) is 0. The van der Waals surface area contributed by atoms with Gasteiger partial charge in [-0.1, -0.05) is 26.2 Å². The summed E-state index contributed by atoms with van der Waals surface area (Å²) < 4.78 is 18.2. The molecular formula is C15H24FNO. The average molecular weight is 253 g/mol. The first kappa shape index (κ1) is 15.0. The molecule has 0 aliphatic heterocycles.